The van der Waals surface area contributed by atoms with Gasteiger partial charge < -0.3 is 24.1 Å². The molecule has 1 N–H and O–H groups in total. The summed E-state index contributed by atoms with van der Waals surface area (Å²) in [6.45, 7) is 8.56. The third kappa shape index (κ3) is 7.34. The summed E-state index contributed by atoms with van der Waals surface area (Å²) in [7, 11) is 3.14. The number of amides is 1. The lowest BCUT2D eigenvalue weighted by Crippen LogP contribution is -2.24. The number of carbonyl (C=O) groups excluding carboxylic acids is 1. The Labute approximate surface area is 237 Å². The molecule has 4 rings (SSSR count). The highest BCUT2D eigenvalue weighted by Crippen LogP contribution is 2.27. The lowest BCUT2D eigenvalue weighted by Gasteiger charge is -2.19. The smallest absolute Gasteiger partial charge is 0.251 e. The number of nitrogens with one attached hydrogen (secondary N) is 1. The van der Waals surface area contributed by atoms with Gasteiger partial charge in [-0.3, -0.25) is 4.79 Å². The predicted octanol–water partition coefficient (Wildman–Crippen LogP) is 6.57. The van der Waals surface area contributed by atoms with Gasteiger partial charge in [-0.05, 0) is 66.3 Å². The summed E-state index contributed by atoms with van der Waals surface area (Å²) in [5, 5.41) is 3.00. The first-order valence-electron chi connectivity index (χ1n) is 14.0. The van der Waals surface area contributed by atoms with E-state index >= 15 is 0 Å². The maximum atomic E-state index is 12.5. The van der Waals surface area contributed by atoms with Crippen LogP contribution in [0.25, 0.3) is 11.0 Å². The Balaban J connectivity index is 1.26. The van der Waals surface area contributed by atoms with Gasteiger partial charge in [0.2, 0.25) is 0 Å². The molecule has 1 aromatic heterocycles. The second-order valence-corrected chi connectivity index (χ2v) is 10.9. The molecule has 7 nitrogen and oxygen atoms in total. The number of hydrogen-bond acceptors (Lipinski definition) is 5. The highest BCUT2D eigenvalue weighted by Gasteiger charge is 2.14. The number of aryl methyl sites for hydroxylation is 1. The van der Waals surface area contributed by atoms with Gasteiger partial charge in [0.25, 0.3) is 5.91 Å². The van der Waals surface area contributed by atoms with E-state index in [2.05, 4.69) is 73.1 Å². The van der Waals surface area contributed by atoms with E-state index in [4.69, 9.17) is 19.2 Å². The molecule has 0 spiro atoms. The van der Waals surface area contributed by atoms with Crippen molar-refractivity contribution < 1.29 is 19.0 Å². The number of hydrogen-bond donors (Lipinski definition) is 1. The Hall–Kier alpha value is -4.00. The molecule has 0 saturated carbocycles. The number of nitrogens with zero attached hydrogens (tertiary/aromatic N) is 2. The number of fused-ring (bicyclic) bond motifs is 1. The molecule has 4 aromatic rings. The molecule has 3 aromatic carbocycles. The van der Waals surface area contributed by atoms with E-state index in [1.807, 2.05) is 6.07 Å². The maximum absolute atomic E-state index is 12.5. The van der Waals surface area contributed by atoms with Crippen molar-refractivity contribution in [3.05, 3.63) is 83.7 Å². The largest absolute Gasteiger partial charge is 0.493 e. The van der Waals surface area contributed by atoms with E-state index in [1.165, 1.54) is 5.56 Å². The number of unbranched alkanes of at least 4 members (excludes halogenated alkanes) is 2. The number of benzene rings is 3. The van der Waals surface area contributed by atoms with Gasteiger partial charge in [-0.15, -0.1) is 0 Å². The molecule has 7 heteroatoms. The fourth-order valence-corrected chi connectivity index (χ4v) is 4.74. The Morgan fingerprint density at radius 3 is 2.38 bits per heavy atom. The van der Waals surface area contributed by atoms with Gasteiger partial charge in [0, 0.05) is 18.5 Å². The molecule has 0 bridgehead atoms. The number of carbonyl (C=O) groups is 1. The van der Waals surface area contributed by atoms with Crippen molar-refractivity contribution in [1.82, 2.24) is 14.9 Å². The zero-order valence-corrected chi connectivity index (χ0v) is 24.3. The SMILES string of the molecule is COc1ccc(C(=O)NCCCCCc2nc3ccccc3n2CCOc2ccc(C(C)(C)C)cc2)cc1OC. The van der Waals surface area contributed by atoms with E-state index in [9.17, 15) is 4.79 Å². The summed E-state index contributed by atoms with van der Waals surface area (Å²) in [6, 6.07) is 21.8. The predicted molar refractivity (Wildman–Crippen MR) is 160 cm³/mol. The highest BCUT2D eigenvalue weighted by molar-refractivity contribution is 5.94. The molecular formula is C33H41N3O4. The van der Waals surface area contributed by atoms with Crippen molar-refractivity contribution in [2.24, 2.45) is 0 Å². The Morgan fingerprint density at radius 2 is 1.65 bits per heavy atom. The summed E-state index contributed by atoms with van der Waals surface area (Å²) in [6.07, 6.45) is 3.75. The van der Waals surface area contributed by atoms with Crippen LogP contribution in [0.1, 0.15) is 61.8 Å². The van der Waals surface area contributed by atoms with Crippen molar-refractivity contribution >= 4 is 16.9 Å². The number of para-hydroxylation sites is 2. The van der Waals surface area contributed by atoms with E-state index in [-0.39, 0.29) is 11.3 Å². The first-order valence-corrected chi connectivity index (χ1v) is 14.0. The Kier molecular flexibility index (Phi) is 9.70. The van der Waals surface area contributed by atoms with Crippen LogP contribution in [-0.2, 0) is 18.4 Å². The first kappa shape index (κ1) is 29.0. The number of ether oxygens (including phenoxy) is 3. The summed E-state index contributed by atoms with van der Waals surface area (Å²) >= 11 is 0. The Morgan fingerprint density at radius 1 is 0.900 bits per heavy atom. The van der Waals surface area contributed by atoms with Gasteiger partial charge in [0.15, 0.2) is 11.5 Å². The number of methoxy groups -OCH3 is 2. The second kappa shape index (κ2) is 13.4. The maximum Gasteiger partial charge on any atom is 0.251 e. The van der Waals surface area contributed by atoms with Crippen LogP contribution in [0.5, 0.6) is 17.2 Å². The fraction of sp³-hybridized carbons (Fsp3) is 0.394. The molecule has 40 heavy (non-hydrogen) atoms. The molecule has 0 aliphatic heterocycles. The van der Waals surface area contributed by atoms with Crippen LogP contribution in [0.2, 0.25) is 0 Å². The third-order valence-corrected chi connectivity index (χ3v) is 7.05. The molecule has 0 fully saturated rings. The fourth-order valence-electron chi connectivity index (χ4n) is 4.74. The van der Waals surface area contributed by atoms with Crippen LogP contribution >= 0.6 is 0 Å². The molecule has 0 aliphatic carbocycles. The normalized spacial score (nSPS) is 11.4. The monoisotopic (exact) mass is 543 g/mol. The molecule has 1 amide bonds. The van der Waals surface area contributed by atoms with Gasteiger partial charge in [0.1, 0.15) is 18.2 Å². The average Bonchev–Trinajstić information content (AvgIpc) is 3.31. The molecule has 0 saturated heterocycles. The van der Waals surface area contributed by atoms with Gasteiger partial charge in [-0.1, -0.05) is 51.5 Å². The van der Waals surface area contributed by atoms with Crippen LogP contribution < -0.4 is 19.5 Å². The summed E-state index contributed by atoms with van der Waals surface area (Å²) in [4.78, 5) is 17.5. The highest BCUT2D eigenvalue weighted by atomic mass is 16.5. The van der Waals surface area contributed by atoms with Gasteiger partial charge in [0.05, 0.1) is 31.8 Å². The van der Waals surface area contributed by atoms with Gasteiger partial charge in [-0.25, -0.2) is 4.98 Å². The number of rotatable bonds is 13. The molecule has 0 unspecified atom stereocenters. The third-order valence-electron chi connectivity index (χ3n) is 7.05. The van der Waals surface area contributed by atoms with Gasteiger partial charge >= 0.3 is 0 Å². The molecule has 0 radical (unpaired) electrons. The standard InChI is InChI=1S/C33H41N3O4/c1-33(2,3)25-15-17-26(18-16-25)40-22-21-36-28-12-9-8-11-27(28)35-31(36)13-7-6-10-20-34-32(37)24-14-19-29(38-4)30(23-24)39-5/h8-9,11-12,14-19,23H,6-7,10,13,20-22H2,1-5H3,(H,34,37). The first-order chi connectivity index (χ1) is 19.3. The van der Waals surface area contributed by atoms with Crippen molar-refractivity contribution in [2.75, 3.05) is 27.4 Å². The van der Waals surface area contributed by atoms with Crippen LogP contribution in [0.15, 0.2) is 66.7 Å². The topological polar surface area (TPSA) is 74.6 Å². The van der Waals surface area contributed by atoms with Crippen LogP contribution in [0, 0.1) is 0 Å². The van der Waals surface area contributed by atoms with Crippen molar-refractivity contribution in [3.63, 3.8) is 0 Å². The van der Waals surface area contributed by atoms with Crippen LogP contribution in [0.3, 0.4) is 0 Å². The van der Waals surface area contributed by atoms with E-state index in [1.54, 1.807) is 32.4 Å². The molecule has 212 valence electrons. The number of aromatic nitrogens is 2. The van der Waals surface area contributed by atoms with Crippen molar-refractivity contribution in [2.45, 2.75) is 58.4 Å². The van der Waals surface area contributed by atoms with Crippen molar-refractivity contribution in [3.8, 4) is 17.2 Å². The van der Waals surface area contributed by atoms with E-state index < -0.39 is 0 Å². The van der Waals surface area contributed by atoms with Crippen LogP contribution in [0.4, 0.5) is 0 Å². The quantitative estimate of drug-likeness (QED) is 0.193. The molecule has 0 atom stereocenters. The summed E-state index contributed by atoms with van der Waals surface area (Å²) in [5.74, 6) is 2.99. The lowest BCUT2D eigenvalue weighted by molar-refractivity contribution is 0.0952. The van der Waals surface area contributed by atoms with Gasteiger partial charge in [-0.2, -0.15) is 0 Å². The minimum absolute atomic E-state index is 0.115. The molecule has 1 heterocycles. The summed E-state index contributed by atoms with van der Waals surface area (Å²) in [5.41, 5.74) is 4.11. The summed E-state index contributed by atoms with van der Waals surface area (Å²) < 4.78 is 18.9. The van der Waals surface area contributed by atoms with Crippen molar-refractivity contribution in [1.29, 1.82) is 0 Å². The molecular weight excluding hydrogens is 502 g/mol. The zero-order chi connectivity index (χ0) is 28.5. The minimum atomic E-state index is -0.115. The zero-order valence-electron chi connectivity index (χ0n) is 24.3. The Bertz CT molecular complexity index is 1400. The van der Waals surface area contributed by atoms with E-state index in [0.29, 0.717) is 30.2 Å². The average molecular weight is 544 g/mol. The van der Waals surface area contributed by atoms with Crippen LogP contribution in [-0.4, -0.2) is 42.8 Å². The lowest BCUT2D eigenvalue weighted by atomic mass is 9.87. The molecule has 0 aliphatic rings. The number of imidazole rings is 1. The minimum Gasteiger partial charge on any atom is -0.493 e. The van der Waals surface area contributed by atoms with E-state index in [0.717, 1.165) is 54.8 Å². The second-order valence-electron chi connectivity index (χ2n) is 10.9.